The molecule has 96 valence electrons. The first-order chi connectivity index (χ1) is 8.60. The molecule has 0 fully saturated rings. The first-order valence-electron chi connectivity index (χ1n) is 5.18. The number of aliphatic hydroxyl groups excluding tert-OH is 1. The van der Waals surface area contributed by atoms with E-state index in [1.54, 1.807) is 11.3 Å². The molecule has 6 heteroatoms. The van der Waals surface area contributed by atoms with Crippen LogP contribution in [-0.2, 0) is 0 Å². The van der Waals surface area contributed by atoms with Gasteiger partial charge in [0.1, 0.15) is 0 Å². The fourth-order valence-electron chi connectivity index (χ4n) is 1.49. The highest BCUT2D eigenvalue weighted by molar-refractivity contribution is 9.13. The van der Waals surface area contributed by atoms with Crippen LogP contribution in [0.1, 0.15) is 10.9 Å². The predicted octanol–water partition coefficient (Wildman–Crippen LogP) is 5.07. The Bertz CT molecular complexity index is 510. The third kappa shape index (κ3) is 3.48. The number of rotatable bonds is 4. The normalized spacial score (nSPS) is 12.4. The van der Waals surface area contributed by atoms with Gasteiger partial charge in [-0.15, -0.1) is 11.3 Å². The Kier molecular flexibility index (Phi) is 5.09. The van der Waals surface area contributed by atoms with Gasteiger partial charge in [0, 0.05) is 20.1 Å². The van der Waals surface area contributed by atoms with Gasteiger partial charge in [0.15, 0.2) is 0 Å². The first-order valence-corrected chi connectivity index (χ1v) is 7.96. The average molecular weight is 412 g/mol. The lowest BCUT2D eigenvalue weighted by Gasteiger charge is -2.16. The van der Waals surface area contributed by atoms with E-state index in [0.717, 1.165) is 18.8 Å². The van der Waals surface area contributed by atoms with E-state index in [-0.39, 0.29) is 12.6 Å². The van der Waals surface area contributed by atoms with Crippen molar-refractivity contribution in [3.8, 4) is 0 Å². The minimum atomic E-state index is -0.126. The van der Waals surface area contributed by atoms with Crippen molar-refractivity contribution in [1.82, 2.24) is 0 Å². The Morgan fingerprint density at radius 3 is 2.44 bits per heavy atom. The van der Waals surface area contributed by atoms with Crippen LogP contribution < -0.4 is 5.32 Å². The maximum absolute atomic E-state index is 9.48. The van der Waals surface area contributed by atoms with Crippen molar-refractivity contribution < 1.29 is 5.11 Å². The van der Waals surface area contributed by atoms with Crippen LogP contribution in [-0.4, -0.2) is 11.7 Å². The van der Waals surface area contributed by atoms with E-state index in [9.17, 15) is 5.11 Å². The molecule has 0 spiro atoms. The van der Waals surface area contributed by atoms with Gasteiger partial charge in [0.05, 0.1) is 16.4 Å². The number of hydrogen-bond acceptors (Lipinski definition) is 3. The topological polar surface area (TPSA) is 32.3 Å². The molecule has 1 aromatic heterocycles. The Labute approximate surface area is 131 Å². The molecule has 0 aliphatic rings. The van der Waals surface area contributed by atoms with Crippen LogP contribution in [0.5, 0.6) is 0 Å². The van der Waals surface area contributed by atoms with Crippen molar-refractivity contribution in [3.63, 3.8) is 0 Å². The average Bonchev–Trinajstić information content (AvgIpc) is 2.69. The summed E-state index contributed by atoms with van der Waals surface area (Å²) in [6.07, 6.45) is 0. The second-order valence-corrected chi connectivity index (χ2v) is 7.35. The molecule has 0 aliphatic carbocycles. The van der Waals surface area contributed by atoms with E-state index < -0.39 is 0 Å². The van der Waals surface area contributed by atoms with Crippen LogP contribution in [0.2, 0.25) is 5.02 Å². The van der Waals surface area contributed by atoms with Crippen molar-refractivity contribution in [2.75, 3.05) is 11.9 Å². The van der Waals surface area contributed by atoms with Gasteiger partial charge in [-0.1, -0.05) is 11.6 Å². The van der Waals surface area contributed by atoms with Gasteiger partial charge in [0.25, 0.3) is 0 Å². The molecule has 1 unspecified atom stereocenters. The summed E-state index contributed by atoms with van der Waals surface area (Å²) in [5.41, 5.74) is 0.930. The number of benzene rings is 1. The van der Waals surface area contributed by atoms with Crippen LogP contribution in [0.25, 0.3) is 0 Å². The van der Waals surface area contributed by atoms with Gasteiger partial charge >= 0.3 is 0 Å². The predicted molar refractivity (Wildman–Crippen MR) is 84.6 cm³/mol. The largest absolute Gasteiger partial charge is 0.394 e. The lowest BCUT2D eigenvalue weighted by molar-refractivity contribution is 0.278. The highest BCUT2D eigenvalue weighted by Crippen LogP contribution is 2.36. The summed E-state index contributed by atoms with van der Waals surface area (Å²) in [4.78, 5) is 1.06. The fourth-order valence-corrected chi connectivity index (χ4v) is 3.75. The molecule has 0 aliphatic heterocycles. The lowest BCUT2D eigenvalue weighted by Crippen LogP contribution is -2.13. The molecular weight excluding hydrogens is 401 g/mol. The summed E-state index contributed by atoms with van der Waals surface area (Å²) < 4.78 is 2.02. The van der Waals surface area contributed by atoms with Gasteiger partial charge in [-0.25, -0.2) is 0 Å². The van der Waals surface area contributed by atoms with E-state index in [1.165, 1.54) is 0 Å². The molecule has 18 heavy (non-hydrogen) atoms. The Balaban J connectivity index is 2.16. The molecule has 1 aromatic carbocycles. The molecular formula is C12H10Br2ClNOS. The zero-order valence-electron chi connectivity index (χ0n) is 9.16. The van der Waals surface area contributed by atoms with E-state index in [4.69, 9.17) is 11.6 Å². The summed E-state index contributed by atoms with van der Waals surface area (Å²) in [6.45, 7) is 0.0298. The minimum Gasteiger partial charge on any atom is -0.394 e. The molecule has 0 radical (unpaired) electrons. The van der Waals surface area contributed by atoms with Gasteiger partial charge in [-0.2, -0.15) is 0 Å². The zero-order chi connectivity index (χ0) is 13.1. The maximum atomic E-state index is 9.48. The van der Waals surface area contributed by atoms with Gasteiger partial charge in [-0.3, -0.25) is 0 Å². The summed E-state index contributed by atoms with van der Waals surface area (Å²) in [5, 5.41) is 13.5. The third-order valence-electron chi connectivity index (χ3n) is 2.38. The van der Waals surface area contributed by atoms with E-state index >= 15 is 0 Å². The molecule has 0 saturated carbocycles. The minimum absolute atomic E-state index is 0.0298. The first kappa shape index (κ1) is 14.3. The zero-order valence-corrected chi connectivity index (χ0v) is 13.9. The number of hydrogen-bond donors (Lipinski definition) is 2. The SMILES string of the molecule is OCC(Nc1ccc(Cl)cc1)c1cc(Br)c(Br)s1. The number of halogens is 3. The summed E-state index contributed by atoms with van der Waals surface area (Å²) in [7, 11) is 0. The van der Waals surface area contributed by atoms with Crippen molar-refractivity contribution in [2.24, 2.45) is 0 Å². The summed E-state index contributed by atoms with van der Waals surface area (Å²) >= 11 is 14.3. The molecule has 0 bridgehead atoms. The second-order valence-electron chi connectivity index (χ2n) is 3.66. The van der Waals surface area contributed by atoms with Crippen LogP contribution in [0.4, 0.5) is 5.69 Å². The Hall–Kier alpha value is -0.0700. The fraction of sp³-hybridized carbons (Fsp3) is 0.167. The smallest absolute Gasteiger partial charge is 0.0844 e. The van der Waals surface area contributed by atoms with Gasteiger partial charge < -0.3 is 10.4 Å². The van der Waals surface area contributed by atoms with Gasteiger partial charge in [0.2, 0.25) is 0 Å². The molecule has 0 amide bonds. The summed E-state index contributed by atoms with van der Waals surface area (Å²) in [6, 6.07) is 9.29. The van der Waals surface area contributed by atoms with E-state index in [1.807, 2.05) is 30.3 Å². The molecule has 1 atom stereocenters. The van der Waals surface area contributed by atoms with Crippen LogP contribution in [0.15, 0.2) is 38.6 Å². The highest BCUT2D eigenvalue weighted by Gasteiger charge is 2.14. The molecule has 2 nitrogen and oxygen atoms in total. The van der Waals surface area contributed by atoms with Crippen LogP contribution >= 0.6 is 54.8 Å². The van der Waals surface area contributed by atoms with Crippen molar-refractivity contribution in [2.45, 2.75) is 6.04 Å². The lowest BCUT2D eigenvalue weighted by atomic mass is 10.2. The number of thiophene rings is 1. The van der Waals surface area contributed by atoms with Crippen LogP contribution in [0, 0.1) is 0 Å². The Morgan fingerprint density at radius 1 is 1.28 bits per heavy atom. The molecule has 0 saturated heterocycles. The summed E-state index contributed by atoms with van der Waals surface area (Å²) in [5.74, 6) is 0. The van der Waals surface area contributed by atoms with Crippen LogP contribution in [0.3, 0.4) is 0 Å². The maximum Gasteiger partial charge on any atom is 0.0844 e. The molecule has 2 rings (SSSR count). The van der Waals surface area contributed by atoms with E-state index in [2.05, 4.69) is 37.2 Å². The molecule has 2 N–H and O–H groups in total. The van der Waals surface area contributed by atoms with Crippen molar-refractivity contribution in [3.05, 3.63) is 48.5 Å². The number of aliphatic hydroxyl groups is 1. The molecule has 1 heterocycles. The number of anilines is 1. The monoisotopic (exact) mass is 409 g/mol. The Morgan fingerprint density at radius 2 is 1.94 bits per heavy atom. The second kappa shape index (κ2) is 6.39. The van der Waals surface area contributed by atoms with Gasteiger partial charge in [-0.05, 0) is 62.2 Å². The highest BCUT2D eigenvalue weighted by atomic mass is 79.9. The number of nitrogens with one attached hydrogen (secondary N) is 1. The van der Waals surface area contributed by atoms with Crippen molar-refractivity contribution >= 4 is 60.5 Å². The third-order valence-corrected chi connectivity index (χ3v) is 6.00. The van der Waals surface area contributed by atoms with E-state index in [0.29, 0.717) is 5.02 Å². The van der Waals surface area contributed by atoms with Crippen molar-refractivity contribution in [1.29, 1.82) is 0 Å². The molecule has 2 aromatic rings. The quantitative estimate of drug-likeness (QED) is 0.736. The standard InChI is InChI=1S/C12H10Br2ClNOS/c13-9-5-11(18-12(9)14)10(6-17)16-8-3-1-7(15)2-4-8/h1-5,10,16-17H,6H2.